The summed E-state index contributed by atoms with van der Waals surface area (Å²) in [5.41, 5.74) is 8.31. The number of carbonyl (C=O) groups excluding carboxylic acids is 1. The molecule has 0 fully saturated rings. The van der Waals surface area contributed by atoms with Gasteiger partial charge in [0.05, 0.1) is 6.61 Å². The van der Waals surface area contributed by atoms with Crippen LogP contribution in [0.25, 0.3) is 0 Å². The number of aliphatic imine (C=N–C) groups is 1. The van der Waals surface area contributed by atoms with Crippen LogP contribution in [0.2, 0.25) is 0 Å². The minimum absolute atomic E-state index is 0.147. The highest BCUT2D eigenvalue weighted by molar-refractivity contribution is 5.79. The molecule has 2 aromatic carbocycles. The summed E-state index contributed by atoms with van der Waals surface area (Å²) in [5, 5.41) is 6.60. The Bertz CT molecular complexity index is 945. The van der Waals surface area contributed by atoms with Crippen LogP contribution >= 0.6 is 0 Å². The Hall–Kier alpha value is -3.42. The molecule has 8 heteroatoms. The van der Waals surface area contributed by atoms with Crippen molar-refractivity contribution in [1.82, 2.24) is 10.6 Å². The fourth-order valence-corrected chi connectivity index (χ4v) is 3.39. The largest absolute Gasteiger partial charge is 0.494 e. The van der Waals surface area contributed by atoms with E-state index in [1.807, 2.05) is 31.2 Å². The predicted molar refractivity (Wildman–Crippen MR) is 120 cm³/mol. The number of benzene rings is 2. The van der Waals surface area contributed by atoms with Crippen LogP contribution < -0.4 is 30.6 Å². The second-order valence-electron chi connectivity index (χ2n) is 7.31. The fraction of sp³-hybridized carbons (Fsp3) is 0.391. The number of nitrogens with zero attached hydrogens (tertiary/aromatic N) is 1. The molecule has 3 rings (SSSR count). The lowest BCUT2D eigenvalue weighted by Crippen LogP contribution is -2.36. The molecule has 0 radical (unpaired) electrons. The lowest BCUT2D eigenvalue weighted by molar-refractivity contribution is -0.119. The van der Waals surface area contributed by atoms with Crippen LogP contribution in [0, 0.1) is 0 Å². The topological polar surface area (TPSA) is 107 Å². The van der Waals surface area contributed by atoms with E-state index in [4.69, 9.17) is 19.9 Å². The third-order valence-electron chi connectivity index (χ3n) is 4.79. The zero-order valence-electron chi connectivity index (χ0n) is 18.2. The molecule has 31 heavy (non-hydrogen) atoms. The van der Waals surface area contributed by atoms with Gasteiger partial charge < -0.3 is 30.6 Å². The molecule has 0 bridgehead atoms. The summed E-state index contributed by atoms with van der Waals surface area (Å²) in [6, 6.07) is 11.6. The van der Waals surface area contributed by atoms with E-state index < -0.39 is 5.91 Å². The lowest BCUT2D eigenvalue weighted by atomic mass is 10.1. The third kappa shape index (κ3) is 6.28. The molecule has 1 aliphatic rings. The Morgan fingerprint density at radius 2 is 2.03 bits per heavy atom. The molecule has 1 amide bonds. The molecule has 0 spiro atoms. The number of nitrogens with two attached hydrogens (primary N) is 1. The first-order chi connectivity index (χ1) is 15.0. The number of hydrogen-bond acceptors (Lipinski definition) is 5. The van der Waals surface area contributed by atoms with Gasteiger partial charge in [0.15, 0.2) is 12.6 Å². The van der Waals surface area contributed by atoms with Gasteiger partial charge in [-0.1, -0.05) is 12.1 Å². The van der Waals surface area contributed by atoms with E-state index in [9.17, 15) is 4.79 Å². The van der Waals surface area contributed by atoms with Crippen LogP contribution in [0.15, 0.2) is 41.4 Å². The van der Waals surface area contributed by atoms with Crippen molar-refractivity contribution in [1.29, 1.82) is 0 Å². The normalized spacial score (nSPS) is 15.1. The highest BCUT2D eigenvalue weighted by Gasteiger charge is 2.21. The Morgan fingerprint density at radius 3 is 2.77 bits per heavy atom. The van der Waals surface area contributed by atoms with Crippen molar-refractivity contribution in [2.45, 2.75) is 39.5 Å². The first kappa shape index (κ1) is 22.3. The molecular weight excluding hydrogens is 396 g/mol. The van der Waals surface area contributed by atoms with Gasteiger partial charge in [0.1, 0.15) is 23.4 Å². The van der Waals surface area contributed by atoms with Crippen LogP contribution in [0.1, 0.15) is 30.5 Å². The van der Waals surface area contributed by atoms with Crippen LogP contribution in [-0.4, -0.2) is 38.2 Å². The molecule has 1 heterocycles. The minimum Gasteiger partial charge on any atom is -0.494 e. The summed E-state index contributed by atoms with van der Waals surface area (Å²) in [7, 11) is 1.72. The molecule has 0 saturated heterocycles. The Labute approximate surface area is 182 Å². The van der Waals surface area contributed by atoms with E-state index >= 15 is 0 Å². The van der Waals surface area contributed by atoms with Gasteiger partial charge in [-0.3, -0.25) is 9.79 Å². The standard InChI is InChI=1S/C23H30N4O4/c1-4-29-20-10-17-8-15(2)31-21(17)11-18(20)13-27-23(25-3)26-12-16-6-5-7-19(9-16)30-14-22(24)28/h5-7,9-11,15H,4,8,12-14H2,1-3H3,(H2,24,28)(H2,25,26,27). The van der Waals surface area contributed by atoms with Gasteiger partial charge in [0.2, 0.25) is 0 Å². The molecule has 1 aliphatic heterocycles. The highest BCUT2D eigenvalue weighted by Crippen LogP contribution is 2.35. The van der Waals surface area contributed by atoms with E-state index in [0.29, 0.717) is 31.4 Å². The molecule has 0 aromatic heterocycles. The van der Waals surface area contributed by atoms with Crippen molar-refractivity contribution >= 4 is 11.9 Å². The maximum Gasteiger partial charge on any atom is 0.255 e. The van der Waals surface area contributed by atoms with Crippen molar-refractivity contribution < 1.29 is 19.0 Å². The average Bonchev–Trinajstić information content (AvgIpc) is 3.11. The van der Waals surface area contributed by atoms with Gasteiger partial charge >= 0.3 is 0 Å². The SMILES string of the molecule is CCOc1cc2c(cc1CNC(=NC)NCc1cccc(OCC(N)=O)c1)OC(C)C2. The Kier molecular flexibility index (Phi) is 7.59. The van der Waals surface area contributed by atoms with Crippen LogP contribution in [-0.2, 0) is 24.3 Å². The average molecular weight is 427 g/mol. The smallest absolute Gasteiger partial charge is 0.255 e. The maximum atomic E-state index is 10.9. The fourth-order valence-electron chi connectivity index (χ4n) is 3.39. The summed E-state index contributed by atoms with van der Waals surface area (Å²) in [4.78, 5) is 15.2. The number of fused-ring (bicyclic) bond motifs is 1. The van der Waals surface area contributed by atoms with E-state index in [0.717, 1.165) is 29.0 Å². The quantitative estimate of drug-likeness (QED) is 0.419. The summed E-state index contributed by atoms with van der Waals surface area (Å²) in [6.07, 6.45) is 1.08. The summed E-state index contributed by atoms with van der Waals surface area (Å²) in [6.45, 7) is 5.58. The second-order valence-corrected chi connectivity index (χ2v) is 7.31. The van der Waals surface area contributed by atoms with Crippen LogP contribution in [0.5, 0.6) is 17.2 Å². The zero-order valence-corrected chi connectivity index (χ0v) is 18.2. The maximum absolute atomic E-state index is 10.9. The van der Waals surface area contributed by atoms with Gasteiger partial charge in [-0.25, -0.2) is 0 Å². The molecule has 1 atom stereocenters. The van der Waals surface area contributed by atoms with Gasteiger partial charge in [0, 0.05) is 37.7 Å². The first-order valence-electron chi connectivity index (χ1n) is 10.4. The molecule has 166 valence electrons. The van der Waals surface area contributed by atoms with E-state index in [-0.39, 0.29) is 12.7 Å². The number of rotatable bonds is 9. The lowest BCUT2D eigenvalue weighted by Gasteiger charge is -2.16. The Balaban J connectivity index is 1.59. The second kappa shape index (κ2) is 10.6. The number of amides is 1. The molecule has 4 N–H and O–H groups in total. The number of carbonyl (C=O) groups is 1. The predicted octanol–water partition coefficient (Wildman–Crippen LogP) is 2.14. The van der Waals surface area contributed by atoms with Crippen molar-refractivity contribution in [2.75, 3.05) is 20.3 Å². The summed E-state index contributed by atoms with van der Waals surface area (Å²) >= 11 is 0. The molecular formula is C23H30N4O4. The van der Waals surface area contributed by atoms with Crippen molar-refractivity contribution in [3.8, 4) is 17.2 Å². The van der Waals surface area contributed by atoms with E-state index in [1.54, 1.807) is 13.1 Å². The highest BCUT2D eigenvalue weighted by atomic mass is 16.5. The van der Waals surface area contributed by atoms with Crippen molar-refractivity contribution in [3.05, 3.63) is 53.1 Å². The number of hydrogen-bond donors (Lipinski definition) is 3. The summed E-state index contributed by atoms with van der Waals surface area (Å²) < 4.78 is 17.1. The molecule has 2 aromatic rings. The third-order valence-corrected chi connectivity index (χ3v) is 4.79. The van der Waals surface area contributed by atoms with Crippen LogP contribution in [0.3, 0.4) is 0 Å². The first-order valence-corrected chi connectivity index (χ1v) is 10.4. The minimum atomic E-state index is -0.508. The zero-order chi connectivity index (χ0) is 22.2. The number of nitrogens with one attached hydrogen (secondary N) is 2. The Morgan fingerprint density at radius 1 is 1.23 bits per heavy atom. The van der Waals surface area contributed by atoms with Gasteiger partial charge in [0.25, 0.3) is 5.91 Å². The molecule has 0 saturated carbocycles. The van der Waals surface area contributed by atoms with Gasteiger partial charge in [-0.15, -0.1) is 0 Å². The monoisotopic (exact) mass is 426 g/mol. The molecule has 1 unspecified atom stereocenters. The molecule has 0 aliphatic carbocycles. The number of ether oxygens (including phenoxy) is 3. The van der Waals surface area contributed by atoms with Gasteiger partial charge in [-0.2, -0.15) is 0 Å². The van der Waals surface area contributed by atoms with E-state index in [2.05, 4.69) is 28.6 Å². The van der Waals surface area contributed by atoms with Crippen molar-refractivity contribution in [2.24, 2.45) is 10.7 Å². The summed E-state index contributed by atoms with van der Waals surface area (Å²) in [5.74, 6) is 2.52. The molecule has 8 nitrogen and oxygen atoms in total. The number of primary amides is 1. The van der Waals surface area contributed by atoms with Crippen LogP contribution in [0.4, 0.5) is 0 Å². The van der Waals surface area contributed by atoms with Crippen molar-refractivity contribution in [3.63, 3.8) is 0 Å². The van der Waals surface area contributed by atoms with Gasteiger partial charge in [-0.05, 0) is 43.7 Å². The van der Waals surface area contributed by atoms with E-state index in [1.165, 1.54) is 5.56 Å². The number of guanidine groups is 1.